The number of anilines is 2. The molecule has 2 aliphatic rings. The molecule has 0 spiro atoms. The van der Waals surface area contributed by atoms with Crippen LogP contribution in [0.3, 0.4) is 0 Å². The number of rotatable bonds is 7. The second-order valence-corrected chi connectivity index (χ2v) is 7.32. The van der Waals surface area contributed by atoms with Crippen molar-refractivity contribution in [2.75, 3.05) is 36.4 Å². The Morgan fingerprint density at radius 2 is 2.32 bits per heavy atom. The van der Waals surface area contributed by atoms with Crippen LogP contribution in [0, 0.1) is 17.2 Å². The molecule has 2 aliphatic heterocycles. The molecule has 0 unspecified atom stereocenters. The Labute approximate surface area is 165 Å². The van der Waals surface area contributed by atoms with Crippen molar-refractivity contribution in [2.45, 2.75) is 38.6 Å². The monoisotopic (exact) mass is 382 g/mol. The standard InChI is InChI=1S/C20H26N6O2/c1-3-15(27)7-11-26(20-16-5-9-22-19(16)23-13-24-20)17-12-25(10-6-14(17)2)18(28)4-8-21/h3,13-14,17H,1,4-7,9-12H2,2H3,(H,22,23,24)/t14-,17+/m1/s1. The van der Waals surface area contributed by atoms with E-state index in [1.807, 2.05) is 6.07 Å². The molecule has 0 aliphatic carbocycles. The van der Waals surface area contributed by atoms with Crippen LogP contribution in [0.5, 0.6) is 0 Å². The van der Waals surface area contributed by atoms with Crippen molar-refractivity contribution < 1.29 is 9.59 Å². The lowest BCUT2D eigenvalue weighted by Gasteiger charge is -2.44. The van der Waals surface area contributed by atoms with Crippen molar-refractivity contribution in [3.63, 3.8) is 0 Å². The number of fused-ring (bicyclic) bond motifs is 1. The molecule has 8 heteroatoms. The fraction of sp³-hybridized carbons (Fsp3) is 0.550. The fourth-order valence-corrected chi connectivity index (χ4v) is 3.96. The minimum Gasteiger partial charge on any atom is -0.369 e. The Bertz CT molecular complexity index is 802. The summed E-state index contributed by atoms with van der Waals surface area (Å²) < 4.78 is 0. The molecule has 1 amide bonds. The number of hydrogen-bond acceptors (Lipinski definition) is 7. The van der Waals surface area contributed by atoms with Crippen molar-refractivity contribution in [3.8, 4) is 6.07 Å². The number of carbonyl (C=O) groups excluding carboxylic acids is 2. The fourth-order valence-electron chi connectivity index (χ4n) is 3.96. The van der Waals surface area contributed by atoms with Gasteiger partial charge in [-0.3, -0.25) is 9.59 Å². The summed E-state index contributed by atoms with van der Waals surface area (Å²) in [7, 11) is 0. The Morgan fingerprint density at radius 1 is 1.50 bits per heavy atom. The topological polar surface area (TPSA) is 102 Å². The number of nitriles is 1. The van der Waals surface area contributed by atoms with Crippen LogP contribution in [-0.2, 0) is 16.0 Å². The van der Waals surface area contributed by atoms with Gasteiger partial charge >= 0.3 is 0 Å². The zero-order valence-electron chi connectivity index (χ0n) is 16.2. The quantitative estimate of drug-likeness (QED) is 0.714. The van der Waals surface area contributed by atoms with E-state index in [1.165, 1.54) is 6.08 Å². The van der Waals surface area contributed by atoms with Gasteiger partial charge < -0.3 is 15.1 Å². The lowest BCUT2D eigenvalue weighted by Crippen LogP contribution is -2.54. The van der Waals surface area contributed by atoms with E-state index in [0.717, 1.165) is 36.6 Å². The molecule has 0 saturated carbocycles. The number of aromatic nitrogens is 2. The third-order valence-corrected chi connectivity index (χ3v) is 5.59. The number of allylic oxidation sites excluding steroid dienone is 1. The number of hydrogen-bond donors (Lipinski definition) is 1. The van der Waals surface area contributed by atoms with Gasteiger partial charge in [0.15, 0.2) is 5.78 Å². The molecule has 1 aromatic heterocycles. The number of piperidine rings is 1. The zero-order chi connectivity index (χ0) is 20.1. The number of nitrogens with zero attached hydrogens (tertiary/aromatic N) is 5. The molecular formula is C20H26N6O2. The van der Waals surface area contributed by atoms with Crippen LogP contribution >= 0.6 is 0 Å². The van der Waals surface area contributed by atoms with Crippen LogP contribution in [0.2, 0.25) is 0 Å². The molecule has 1 N–H and O–H groups in total. The van der Waals surface area contributed by atoms with Crippen molar-refractivity contribution in [3.05, 3.63) is 24.5 Å². The first-order valence-electron chi connectivity index (χ1n) is 9.69. The maximum atomic E-state index is 12.3. The zero-order valence-corrected chi connectivity index (χ0v) is 16.2. The first kappa shape index (κ1) is 19.8. The summed E-state index contributed by atoms with van der Waals surface area (Å²) in [5.74, 6) is 1.83. The van der Waals surface area contributed by atoms with Gasteiger partial charge in [-0.25, -0.2) is 9.97 Å². The van der Waals surface area contributed by atoms with Crippen LogP contribution in [0.25, 0.3) is 0 Å². The molecule has 2 atom stereocenters. The number of likely N-dealkylation sites (tertiary alicyclic amines) is 1. The van der Waals surface area contributed by atoms with E-state index in [0.29, 0.717) is 32.0 Å². The largest absolute Gasteiger partial charge is 0.369 e. The van der Waals surface area contributed by atoms with E-state index >= 15 is 0 Å². The van der Waals surface area contributed by atoms with Gasteiger partial charge in [0, 0.05) is 38.2 Å². The Balaban J connectivity index is 1.90. The van der Waals surface area contributed by atoms with Gasteiger partial charge in [0.1, 0.15) is 24.4 Å². The van der Waals surface area contributed by atoms with Crippen LogP contribution in [0.15, 0.2) is 19.0 Å². The van der Waals surface area contributed by atoms with E-state index in [2.05, 4.69) is 33.7 Å². The second kappa shape index (κ2) is 8.83. The van der Waals surface area contributed by atoms with Crippen molar-refractivity contribution in [2.24, 2.45) is 5.92 Å². The summed E-state index contributed by atoms with van der Waals surface area (Å²) in [4.78, 5) is 37.0. The van der Waals surface area contributed by atoms with Gasteiger partial charge in [0.25, 0.3) is 0 Å². The highest BCUT2D eigenvalue weighted by molar-refractivity contribution is 5.89. The Hall–Kier alpha value is -2.95. The molecule has 0 radical (unpaired) electrons. The molecule has 0 bridgehead atoms. The first-order valence-corrected chi connectivity index (χ1v) is 9.69. The smallest absolute Gasteiger partial charge is 0.236 e. The highest BCUT2D eigenvalue weighted by atomic mass is 16.2. The Morgan fingerprint density at radius 3 is 3.07 bits per heavy atom. The molecule has 1 saturated heterocycles. The minimum absolute atomic E-state index is 0.0188. The molecule has 8 nitrogen and oxygen atoms in total. The lowest BCUT2D eigenvalue weighted by atomic mass is 9.91. The number of carbonyl (C=O) groups is 2. The molecule has 3 heterocycles. The number of amides is 1. The minimum atomic E-state index is -0.142. The third-order valence-electron chi connectivity index (χ3n) is 5.59. The summed E-state index contributed by atoms with van der Waals surface area (Å²) in [6.45, 7) is 8.22. The molecule has 28 heavy (non-hydrogen) atoms. The normalized spacial score (nSPS) is 20.6. The molecule has 1 aromatic rings. The van der Waals surface area contributed by atoms with Gasteiger partial charge in [-0.05, 0) is 24.8 Å². The molecule has 148 valence electrons. The van der Waals surface area contributed by atoms with Crippen LogP contribution in [0.4, 0.5) is 11.6 Å². The van der Waals surface area contributed by atoms with Crippen molar-refractivity contribution >= 4 is 23.3 Å². The highest BCUT2D eigenvalue weighted by Crippen LogP contribution is 2.33. The predicted octanol–water partition coefficient (Wildman–Crippen LogP) is 1.55. The van der Waals surface area contributed by atoms with Gasteiger partial charge in [0.05, 0.1) is 12.1 Å². The summed E-state index contributed by atoms with van der Waals surface area (Å²) in [6.07, 6.45) is 4.79. The SMILES string of the molecule is C=CC(=O)CCN(c1ncnc2c1CCN2)[C@H]1CN(C(=O)CC#N)CC[C@H]1C. The summed E-state index contributed by atoms with van der Waals surface area (Å²) in [6, 6.07) is 1.97. The number of nitrogens with one attached hydrogen (secondary N) is 1. The van der Waals surface area contributed by atoms with Crippen LogP contribution < -0.4 is 10.2 Å². The van der Waals surface area contributed by atoms with Gasteiger partial charge in [0.2, 0.25) is 5.91 Å². The molecule has 1 fully saturated rings. The number of ketones is 1. The highest BCUT2D eigenvalue weighted by Gasteiger charge is 2.35. The van der Waals surface area contributed by atoms with E-state index in [4.69, 9.17) is 5.26 Å². The Kier molecular flexibility index (Phi) is 6.24. The summed E-state index contributed by atoms with van der Waals surface area (Å²) in [5.41, 5.74) is 1.06. The predicted molar refractivity (Wildman–Crippen MR) is 106 cm³/mol. The maximum absolute atomic E-state index is 12.3. The molecule has 0 aromatic carbocycles. The van der Waals surface area contributed by atoms with Crippen LogP contribution in [-0.4, -0.2) is 58.8 Å². The summed E-state index contributed by atoms with van der Waals surface area (Å²) >= 11 is 0. The van der Waals surface area contributed by atoms with E-state index < -0.39 is 0 Å². The lowest BCUT2D eigenvalue weighted by molar-refractivity contribution is -0.131. The second-order valence-electron chi connectivity index (χ2n) is 7.32. The molecular weight excluding hydrogens is 356 g/mol. The van der Waals surface area contributed by atoms with Crippen molar-refractivity contribution in [1.82, 2.24) is 14.9 Å². The average Bonchev–Trinajstić information content (AvgIpc) is 3.18. The maximum Gasteiger partial charge on any atom is 0.236 e. The van der Waals surface area contributed by atoms with Crippen molar-refractivity contribution in [1.29, 1.82) is 5.26 Å². The summed E-state index contributed by atoms with van der Waals surface area (Å²) in [5, 5.41) is 12.1. The first-order chi connectivity index (χ1) is 13.5. The van der Waals surface area contributed by atoms with E-state index in [-0.39, 0.29) is 24.2 Å². The average molecular weight is 382 g/mol. The third kappa shape index (κ3) is 4.14. The van der Waals surface area contributed by atoms with Gasteiger partial charge in [-0.1, -0.05) is 13.5 Å². The molecule has 3 rings (SSSR count). The van der Waals surface area contributed by atoms with Crippen LogP contribution in [0.1, 0.15) is 31.7 Å². The van der Waals surface area contributed by atoms with Gasteiger partial charge in [-0.15, -0.1) is 0 Å². The van der Waals surface area contributed by atoms with Gasteiger partial charge in [-0.2, -0.15) is 5.26 Å². The van der Waals surface area contributed by atoms with E-state index in [9.17, 15) is 9.59 Å². The van der Waals surface area contributed by atoms with E-state index in [1.54, 1.807) is 11.2 Å².